The van der Waals surface area contributed by atoms with Crippen molar-refractivity contribution in [3.63, 3.8) is 0 Å². The maximum absolute atomic E-state index is 13.3. The molecular weight excluding hydrogens is 328 g/mol. The maximum atomic E-state index is 13.3. The zero-order valence-corrected chi connectivity index (χ0v) is 16.0. The summed E-state index contributed by atoms with van der Waals surface area (Å²) in [5, 5.41) is 0. The summed E-state index contributed by atoms with van der Waals surface area (Å²) in [5.74, 6) is 0.847. The van der Waals surface area contributed by atoms with E-state index in [4.69, 9.17) is 9.47 Å². The minimum atomic E-state index is 0.128. The van der Waals surface area contributed by atoms with Crippen LogP contribution in [0.4, 0.5) is 0 Å². The lowest BCUT2D eigenvalue weighted by Crippen LogP contribution is -2.46. The van der Waals surface area contributed by atoms with Crippen molar-refractivity contribution < 1.29 is 14.3 Å². The Kier molecular flexibility index (Phi) is 7.32. The van der Waals surface area contributed by atoms with E-state index in [2.05, 4.69) is 16.7 Å². The van der Waals surface area contributed by atoms with Gasteiger partial charge in [-0.05, 0) is 44.2 Å². The van der Waals surface area contributed by atoms with Crippen molar-refractivity contribution in [1.29, 1.82) is 0 Å². The average molecular weight is 360 g/mol. The molecule has 1 aromatic rings. The van der Waals surface area contributed by atoms with Crippen molar-refractivity contribution in [2.75, 3.05) is 46.0 Å². The fraction of sp³-hybridized carbons (Fsp3) is 0.667. The van der Waals surface area contributed by atoms with Gasteiger partial charge in [-0.25, -0.2) is 0 Å². The second-order valence-electron chi connectivity index (χ2n) is 7.24. The molecule has 0 aliphatic carbocycles. The first kappa shape index (κ1) is 19.2. The van der Waals surface area contributed by atoms with E-state index in [0.29, 0.717) is 18.2 Å². The molecule has 2 saturated heterocycles. The molecule has 144 valence electrons. The van der Waals surface area contributed by atoms with E-state index in [0.717, 1.165) is 70.8 Å². The summed E-state index contributed by atoms with van der Waals surface area (Å²) in [5.41, 5.74) is 0.708. The van der Waals surface area contributed by atoms with Gasteiger partial charge in [0.25, 0.3) is 5.91 Å². The smallest absolute Gasteiger partial charge is 0.257 e. The van der Waals surface area contributed by atoms with Crippen molar-refractivity contribution in [1.82, 2.24) is 9.80 Å². The molecule has 2 heterocycles. The summed E-state index contributed by atoms with van der Waals surface area (Å²) < 4.78 is 11.3. The van der Waals surface area contributed by atoms with E-state index < -0.39 is 0 Å². The third-order valence-corrected chi connectivity index (χ3v) is 5.35. The van der Waals surface area contributed by atoms with Crippen LogP contribution in [0.1, 0.15) is 49.4 Å². The van der Waals surface area contributed by atoms with Gasteiger partial charge in [-0.2, -0.15) is 0 Å². The van der Waals surface area contributed by atoms with Crippen LogP contribution >= 0.6 is 0 Å². The normalized spacial score (nSPS) is 21.6. The summed E-state index contributed by atoms with van der Waals surface area (Å²) in [6.45, 7) is 8.30. The van der Waals surface area contributed by atoms with Gasteiger partial charge in [0.1, 0.15) is 5.75 Å². The Morgan fingerprint density at radius 3 is 2.81 bits per heavy atom. The molecule has 0 N–H and O–H groups in total. The summed E-state index contributed by atoms with van der Waals surface area (Å²) in [4.78, 5) is 17.8. The van der Waals surface area contributed by atoms with Gasteiger partial charge in [0.05, 0.1) is 25.4 Å². The molecule has 0 bridgehead atoms. The Morgan fingerprint density at radius 1 is 1.19 bits per heavy atom. The maximum Gasteiger partial charge on any atom is 0.257 e. The lowest BCUT2D eigenvalue weighted by atomic mass is 9.97. The molecule has 5 heteroatoms. The summed E-state index contributed by atoms with van der Waals surface area (Å²) >= 11 is 0. The lowest BCUT2D eigenvalue weighted by molar-refractivity contribution is 0.0295. The Hall–Kier alpha value is -1.59. The summed E-state index contributed by atoms with van der Waals surface area (Å²) in [6, 6.07) is 8.02. The van der Waals surface area contributed by atoms with Crippen LogP contribution in [0, 0.1) is 0 Å². The average Bonchev–Trinajstić information content (AvgIpc) is 2.71. The van der Waals surface area contributed by atoms with Crippen LogP contribution in [-0.2, 0) is 4.74 Å². The highest BCUT2D eigenvalue weighted by atomic mass is 16.5. The predicted octanol–water partition coefficient (Wildman–Crippen LogP) is 3.19. The fourth-order valence-electron chi connectivity index (χ4n) is 3.86. The van der Waals surface area contributed by atoms with Gasteiger partial charge in [0, 0.05) is 32.2 Å². The zero-order chi connectivity index (χ0) is 18.2. The highest BCUT2D eigenvalue weighted by Crippen LogP contribution is 2.26. The van der Waals surface area contributed by atoms with Gasteiger partial charge in [-0.15, -0.1) is 0 Å². The first-order valence-electron chi connectivity index (χ1n) is 10.1. The fourth-order valence-corrected chi connectivity index (χ4v) is 3.86. The molecule has 2 aliphatic heterocycles. The molecule has 0 saturated carbocycles. The minimum absolute atomic E-state index is 0.128. The van der Waals surface area contributed by atoms with Gasteiger partial charge in [0.15, 0.2) is 0 Å². The van der Waals surface area contributed by atoms with E-state index in [1.54, 1.807) is 0 Å². The molecule has 1 atom stereocenters. The minimum Gasteiger partial charge on any atom is -0.493 e. The number of rotatable bonds is 7. The molecule has 0 unspecified atom stereocenters. The lowest BCUT2D eigenvalue weighted by Gasteiger charge is -2.37. The van der Waals surface area contributed by atoms with Crippen LogP contribution in [0.15, 0.2) is 24.3 Å². The van der Waals surface area contributed by atoms with Crippen LogP contribution < -0.4 is 4.74 Å². The number of morpholine rings is 1. The predicted molar refractivity (Wildman–Crippen MR) is 103 cm³/mol. The second-order valence-corrected chi connectivity index (χ2v) is 7.24. The van der Waals surface area contributed by atoms with E-state index in [9.17, 15) is 4.79 Å². The van der Waals surface area contributed by atoms with Crippen molar-refractivity contribution in [2.45, 2.75) is 45.1 Å². The molecule has 0 aromatic heterocycles. The first-order valence-corrected chi connectivity index (χ1v) is 10.1. The Labute approximate surface area is 157 Å². The molecule has 2 fully saturated rings. The van der Waals surface area contributed by atoms with Crippen molar-refractivity contribution in [3.05, 3.63) is 29.8 Å². The zero-order valence-electron chi connectivity index (χ0n) is 16.0. The molecule has 2 aliphatic rings. The number of hydrogen-bond donors (Lipinski definition) is 0. The Morgan fingerprint density at radius 2 is 2.00 bits per heavy atom. The quantitative estimate of drug-likeness (QED) is 0.749. The topological polar surface area (TPSA) is 42.0 Å². The molecular formula is C21H32N2O3. The van der Waals surface area contributed by atoms with Crippen LogP contribution in [-0.4, -0.2) is 67.7 Å². The van der Waals surface area contributed by atoms with Crippen molar-refractivity contribution >= 4 is 5.91 Å². The van der Waals surface area contributed by atoms with Crippen molar-refractivity contribution in [2.24, 2.45) is 0 Å². The third kappa shape index (κ3) is 4.98. The van der Waals surface area contributed by atoms with Crippen LogP contribution in [0.5, 0.6) is 5.75 Å². The van der Waals surface area contributed by atoms with Gasteiger partial charge in [-0.1, -0.05) is 19.1 Å². The highest BCUT2D eigenvalue weighted by molar-refractivity contribution is 5.97. The van der Waals surface area contributed by atoms with Gasteiger partial charge < -0.3 is 14.4 Å². The largest absolute Gasteiger partial charge is 0.493 e. The first-order chi connectivity index (χ1) is 12.8. The van der Waals surface area contributed by atoms with Crippen LogP contribution in [0.2, 0.25) is 0 Å². The number of nitrogens with zero attached hydrogens (tertiary/aromatic N) is 2. The molecule has 1 amide bonds. The number of hydrogen-bond acceptors (Lipinski definition) is 4. The van der Waals surface area contributed by atoms with Gasteiger partial charge in [0.2, 0.25) is 0 Å². The van der Waals surface area contributed by atoms with Crippen LogP contribution in [0.25, 0.3) is 0 Å². The molecule has 3 rings (SSSR count). The molecule has 26 heavy (non-hydrogen) atoms. The number of para-hydroxylation sites is 1. The van der Waals surface area contributed by atoms with E-state index >= 15 is 0 Å². The van der Waals surface area contributed by atoms with Crippen molar-refractivity contribution in [3.8, 4) is 5.75 Å². The standard InChI is InChI=1S/C21H32N2O3/c1-2-15-26-20-9-4-3-8-19(20)21(24)23-11-6-5-7-18(23)10-12-22-13-16-25-17-14-22/h3-4,8-9,18H,2,5-7,10-17H2,1H3/t18-/m1/s1. The van der Waals surface area contributed by atoms with Gasteiger partial charge >= 0.3 is 0 Å². The monoisotopic (exact) mass is 360 g/mol. The number of benzene rings is 1. The Balaban J connectivity index is 1.65. The summed E-state index contributed by atoms with van der Waals surface area (Å²) in [7, 11) is 0. The van der Waals surface area contributed by atoms with E-state index in [-0.39, 0.29) is 5.91 Å². The second kappa shape index (κ2) is 9.93. The number of carbonyl (C=O) groups is 1. The van der Waals surface area contributed by atoms with E-state index in [1.165, 1.54) is 6.42 Å². The molecule has 0 radical (unpaired) electrons. The molecule has 1 aromatic carbocycles. The molecule has 0 spiro atoms. The number of carbonyl (C=O) groups excluding carboxylic acids is 1. The Bertz CT molecular complexity index is 572. The summed E-state index contributed by atoms with van der Waals surface area (Å²) in [6.07, 6.45) is 5.40. The molecule has 5 nitrogen and oxygen atoms in total. The number of piperidine rings is 1. The SMILES string of the molecule is CCCOc1ccccc1C(=O)N1CCCC[C@@H]1CCN1CCOCC1. The van der Waals surface area contributed by atoms with Crippen LogP contribution in [0.3, 0.4) is 0 Å². The highest BCUT2D eigenvalue weighted by Gasteiger charge is 2.29. The number of likely N-dealkylation sites (tertiary alicyclic amines) is 1. The number of amides is 1. The van der Waals surface area contributed by atoms with E-state index in [1.807, 2.05) is 24.3 Å². The van der Waals surface area contributed by atoms with Gasteiger partial charge in [-0.3, -0.25) is 9.69 Å². The third-order valence-electron chi connectivity index (χ3n) is 5.35. The number of ether oxygens (including phenoxy) is 2.